The van der Waals surface area contributed by atoms with Crippen molar-refractivity contribution in [3.63, 3.8) is 0 Å². The van der Waals surface area contributed by atoms with E-state index in [1.165, 1.54) is 0 Å². The minimum absolute atomic E-state index is 0.154. The number of aryl methyl sites for hydroxylation is 2. The van der Waals surface area contributed by atoms with Crippen LogP contribution in [0.25, 0.3) is 0 Å². The van der Waals surface area contributed by atoms with Gasteiger partial charge in [0.15, 0.2) is 0 Å². The van der Waals surface area contributed by atoms with Gasteiger partial charge in [0, 0.05) is 20.3 Å². The smallest absolute Gasteiger partial charge is 0.264 e. The van der Waals surface area contributed by atoms with E-state index < -0.39 is 10.0 Å². The molecule has 2 aromatic carbocycles. The van der Waals surface area contributed by atoms with Crippen molar-refractivity contribution in [3.05, 3.63) is 59.7 Å². The van der Waals surface area contributed by atoms with E-state index in [4.69, 9.17) is 4.74 Å². The predicted molar refractivity (Wildman–Crippen MR) is 106 cm³/mol. The van der Waals surface area contributed by atoms with Crippen LogP contribution < -0.4 is 9.62 Å². The largest absolute Gasteiger partial charge is 0.385 e. The molecule has 0 aliphatic heterocycles. The molecule has 1 N–H and O–H groups in total. The number of hydrogen-bond acceptors (Lipinski definition) is 4. The van der Waals surface area contributed by atoms with Crippen LogP contribution in [0.4, 0.5) is 5.69 Å². The summed E-state index contributed by atoms with van der Waals surface area (Å²) >= 11 is 0. The molecule has 0 bridgehead atoms. The quantitative estimate of drug-likeness (QED) is 0.668. The van der Waals surface area contributed by atoms with Gasteiger partial charge >= 0.3 is 0 Å². The Balaban J connectivity index is 2.29. The molecular weight excluding hydrogens is 364 g/mol. The summed E-state index contributed by atoms with van der Waals surface area (Å²) in [5.41, 5.74) is 2.34. The highest BCUT2D eigenvalue weighted by Gasteiger charge is 2.27. The minimum Gasteiger partial charge on any atom is -0.385 e. The van der Waals surface area contributed by atoms with Gasteiger partial charge in [-0.25, -0.2) is 8.42 Å². The van der Waals surface area contributed by atoms with E-state index >= 15 is 0 Å². The molecule has 0 aromatic heterocycles. The van der Waals surface area contributed by atoms with Gasteiger partial charge in [0.1, 0.15) is 6.54 Å². The fourth-order valence-corrected chi connectivity index (χ4v) is 3.98. The second-order valence-electron chi connectivity index (χ2n) is 6.36. The summed E-state index contributed by atoms with van der Waals surface area (Å²) < 4.78 is 32.5. The van der Waals surface area contributed by atoms with Crippen molar-refractivity contribution >= 4 is 21.6 Å². The van der Waals surface area contributed by atoms with Gasteiger partial charge in [0.25, 0.3) is 10.0 Å². The van der Waals surface area contributed by atoms with Crippen molar-refractivity contribution in [3.8, 4) is 0 Å². The molecule has 0 atom stereocenters. The van der Waals surface area contributed by atoms with Gasteiger partial charge in [-0.3, -0.25) is 9.10 Å². The molecule has 7 heteroatoms. The van der Waals surface area contributed by atoms with Crippen LogP contribution in [0.1, 0.15) is 17.5 Å². The predicted octanol–water partition coefficient (Wildman–Crippen LogP) is 2.65. The molecule has 0 saturated heterocycles. The molecule has 0 saturated carbocycles. The number of nitrogens with one attached hydrogen (secondary N) is 1. The number of anilines is 1. The SMILES string of the molecule is COCCCNC(=O)CN(c1cccc(C)c1)S(=O)(=O)c1ccc(C)cc1. The van der Waals surface area contributed by atoms with Crippen LogP contribution >= 0.6 is 0 Å². The van der Waals surface area contributed by atoms with Crippen molar-refractivity contribution in [2.24, 2.45) is 0 Å². The molecule has 27 heavy (non-hydrogen) atoms. The summed E-state index contributed by atoms with van der Waals surface area (Å²) in [6.45, 7) is 4.45. The zero-order valence-electron chi connectivity index (χ0n) is 15.9. The molecule has 6 nitrogen and oxygen atoms in total. The van der Waals surface area contributed by atoms with E-state index in [0.29, 0.717) is 25.3 Å². The van der Waals surface area contributed by atoms with Gasteiger partial charge in [-0.05, 0) is 50.1 Å². The topological polar surface area (TPSA) is 75.7 Å². The van der Waals surface area contributed by atoms with E-state index in [2.05, 4.69) is 5.32 Å². The first-order valence-corrected chi connectivity index (χ1v) is 10.2. The molecular formula is C20H26N2O4S. The van der Waals surface area contributed by atoms with Crippen LogP contribution in [0.5, 0.6) is 0 Å². The molecule has 2 rings (SSSR count). The summed E-state index contributed by atoms with van der Waals surface area (Å²) in [7, 11) is -2.28. The van der Waals surface area contributed by atoms with Gasteiger partial charge in [-0.1, -0.05) is 29.8 Å². The lowest BCUT2D eigenvalue weighted by atomic mass is 10.2. The Morgan fingerprint density at radius 3 is 2.41 bits per heavy atom. The van der Waals surface area contributed by atoms with Crippen molar-refractivity contribution < 1.29 is 17.9 Å². The highest BCUT2D eigenvalue weighted by molar-refractivity contribution is 7.92. The average molecular weight is 391 g/mol. The van der Waals surface area contributed by atoms with Crippen molar-refractivity contribution in [2.75, 3.05) is 31.1 Å². The van der Waals surface area contributed by atoms with Crippen LogP contribution in [0.2, 0.25) is 0 Å². The zero-order valence-corrected chi connectivity index (χ0v) is 16.8. The molecule has 0 spiro atoms. The Hall–Kier alpha value is -2.38. The molecule has 0 aliphatic carbocycles. The number of nitrogens with zero attached hydrogens (tertiary/aromatic N) is 1. The third-order valence-electron chi connectivity index (χ3n) is 4.03. The van der Waals surface area contributed by atoms with E-state index in [1.807, 2.05) is 19.9 Å². The molecule has 2 aromatic rings. The fraction of sp³-hybridized carbons (Fsp3) is 0.350. The Bertz CT molecular complexity index is 864. The number of carbonyl (C=O) groups is 1. The normalized spacial score (nSPS) is 11.2. The summed E-state index contributed by atoms with van der Waals surface area (Å²) in [5.74, 6) is -0.358. The molecule has 0 aliphatic rings. The highest BCUT2D eigenvalue weighted by atomic mass is 32.2. The second kappa shape index (κ2) is 9.53. The molecule has 1 amide bonds. The van der Waals surface area contributed by atoms with Crippen LogP contribution in [-0.4, -0.2) is 41.1 Å². The van der Waals surface area contributed by atoms with Crippen molar-refractivity contribution in [1.82, 2.24) is 5.32 Å². The van der Waals surface area contributed by atoms with E-state index in [0.717, 1.165) is 15.4 Å². The van der Waals surface area contributed by atoms with Gasteiger partial charge in [-0.2, -0.15) is 0 Å². The van der Waals surface area contributed by atoms with E-state index in [1.54, 1.807) is 49.6 Å². The number of benzene rings is 2. The van der Waals surface area contributed by atoms with Crippen molar-refractivity contribution in [2.45, 2.75) is 25.2 Å². The number of amides is 1. The number of hydrogen-bond donors (Lipinski definition) is 1. The third kappa shape index (κ3) is 5.80. The lowest BCUT2D eigenvalue weighted by Crippen LogP contribution is -2.41. The Labute approximate surface area is 161 Å². The lowest BCUT2D eigenvalue weighted by molar-refractivity contribution is -0.119. The maximum Gasteiger partial charge on any atom is 0.264 e. The lowest BCUT2D eigenvalue weighted by Gasteiger charge is -2.24. The summed E-state index contributed by atoms with van der Waals surface area (Å²) in [4.78, 5) is 12.5. The van der Waals surface area contributed by atoms with Gasteiger partial charge in [0.05, 0.1) is 10.6 Å². The van der Waals surface area contributed by atoms with Crippen LogP contribution in [0.3, 0.4) is 0 Å². The molecule has 0 radical (unpaired) electrons. The molecule has 0 fully saturated rings. The number of carbonyl (C=O) groups excluding carboxylic acids is 1. The number of rotatable bonds is 9. The first kappa shape index (κ1) is 20.9. The fourth-order valence-electron chi connectivity index (χ4n) is 2.57. The van der Waals surface area contributed by atoms with Crippen molar-refractivity contribution in [1.29, 1.82) is 0 Å². The highest BCUT2D eigenvalue weighted by Crippen LogP contribution is 2.24. The third-order valence-corrected chi connectivity index (χ3v) is 5.82. The van der Waals surface area contributed by atoms with Gasteiger partial charge in [-0.15, -0.1) is 0 Å². The van der Waals surface area contributed by atoms with Crippen LogP contribution in [0.15, 0.2) is 53.4 Å². The van der Waals surface area contributed by atoms with E-state index in [-0.39, 0.29) is 17.3 Å². The number of ether oxygens (including phenoxy) is 1. The Morgan fingerprint density at radius 2 is 1.78 bits per heavy atom. The first-order valence-electron chi connectivity index (χ1n) is 8.76. The Morgan fingerprint density at radius 1 is 1.07 bits per heavy atom. The maximum atomic E-state index is 13.2. The zero-order chi connectivity index (χ0) is 19.9. The average Bonchev–Trinajstić information content (AvgIpc) is 2.63. The number of methoxy groups -OCH3 is 1. The first-order chi connectivity index (χ1) is 12.8. The van der Waals surface area contributed by atoms with Gasteiger partial charge in [0.2, 0.25) is 5.91 Å². The second-order valence-corrected chi connectivity index (χ2v) is 8.22. The summed E-state index contributed by atoms with van der Waals surface area (Å²) in [6, 6.07) is 13.7. The monoisotopic (exact) mass is 390 g/mol. The maximum absolute atomic E-state index is 13.2. The molecule has 146 valence electrons. The van der Waals surface area contributed by atoms with Crippen LogP contribution in [0, 0.1) is 13.8 Å². The minimum atomic E-state index is -3.87. The summed E-state index contributed by atoms with van der Waals surface area (Å²) in [5, 5.41) is 2.74. The number of sulfonamides is 1. The van der Waals surface area contributed by atoms with Crippen LogP contribution in [-0.2, 0) is 19.6 Å². The summed E-state index contributed by atoms with van der Waals surface area (Å²) in [6.07, 6.45) is 0.664. The molecule has 0 unspecified atom stereocenters. The Kier molecular flexibility index (Phi) is 7.38. The molecule has 0 heterocycles. The van der Waals surface area contributed by atoms with Gasteiger partial charge < -0.3 is 10.1 Å². The standard InChI is InChI=1S/C20H26N2O4S/c1-16-8-10-19(11-9-16)27(24,25)22(18-7-4-6-17(2)14-18)15-20(23)21-12-5-13-26-3/h4,6-11,14H,5,12-13,15H2,1-3H3,(H,21,23). The van der Waals surface area contributed by atoms with E-state index in [9.17, 15) is 13.2 Å².